The second-order valence-electron chi connectivity index (χ2n) is 4.58. The van der Waals surface area contributed by atoms with Crippen LogP contribution in [0.1, 0.15) is 13.8 Å². The van der Waals surface area contributed by atoms with Gasteiger partial charge in [-0.15, -0.1) is 0 Å². The Morgan fingerprint density at radius 3 is 3.00 bits per heavy atom. The molecule has 2 unspecified atom stereocenters. The summed E-state index contributed by atoms with van der Waals surface area (Å²) in [5.41, 5.74) is 1.33. The number of rotatable bonds is 4. The lowest BCUT2D eigenvalue weighted by molar-refractivity contribution is -0.140. The third-order valence-electron chi connectivity index (χ3n) is 2.94. The van der Waals surface area contributed by atoms with Crippen molar-refractivity contribution in [3.05, 3.63) is 18.2 Å². The van der Waals surface area contributed by atoms with Crippen LogP contribution in [0.3, 0.4) is 0 Å². The number of hydrogen-bond acceptors (Lipinski definition) is 4. The number of carboxylic acids is 1. The van der Waals surface area contributed by atoms with Crippen molar-refractivity contribution in [1.82, 2.24) is 0 Å². The van der Waals surface area contributed by atoms with Crippen molar-refractivity contribution in [1.29, 1.82) is 0 Å². The molecule has 6 nitrogen and oxygen atoms in total. The van der Waals surface area contributed by atoms with Crippen LogP contribution in [-0.2, 0) is 9.59 Å². The maximum absolute atomic E-state index is 11.5. The van der Waals surface area contributed by atoms with Gasteiger partial charge in [0.25, 0.3) is 5.91 Å². The molecule has 0 radical (unpaired) electrons. The van der Waals surface area contributed by atoms with Gasteiger partial charge in [-0.05, 0) is 25.1 Å². The zero-order valence-electron chi connectivity index (χ0n) is 10.8. The summed E-state index contributed by atoms with van der Waals surface area (Å²) in [6.07, 6.45) is -0.502. The minimum Gasteiger partial charge on any atom is -0.481 e. The number of fused-ring (bicyclic) bond motifs is 1. The molecule has 0 bridgehead atoms. The Morgan fingerprint density at radius 1 is 1.58 bits per heavy atom. The van der Waals surface area contributed by atoms with Crippen molar-refractivity contribution in [3.8, 4) is 5.75 Å². The van der Waals surface area contributed by atoms with E-state index >= 15 is 0 Å². The summed E-state index contributed by atoms with van der Waals surface area (Å²) in [6, 6.07) is 5.27. The predicted molar refractivity (Wildman–Crippen MR) is 70.5 cm³/mol. The monoisotopic (exact) mass is 264 g/mol. The van der Waals surface area contributed by atoms with Crippen LogP contribution >= 0.6 is 0 Å². The summed E-state index contributed by atoms with van der Waals surface area (Å²) >= 11 is 0. The van der Waals surface area contributed by atoms with Crippen LogP contribution in [0.4, 0.5) is 11.4 Å². The van der Waals surface area contributed by atoms with E-state index in [4.69, 9.17) is 9.84 Å². The maximum atomic E-state index is 11.5. The topological polar surface area (TPSA) is 87.7 Å². The van der Waals surface area contributed by atoms with Gasteiger partial charge < -0.3 is 20.5 Å². The SMILES string of the molecule is CC(CNc1ccc2c(c1)NC(=O)C(C)O2)C(=O)O. The molecule has 6 heteroatoms. The quantitative estimate of drug-likeness (QED) is 0.767. The van der Waals surface area contributed by atoms with Crippen molar-refractivity contribution in [3.63, 3.8) is 0 Å². The van der Waals surface area contributed by atoms with Crippen LogP contribution in [0.15, 0.2) is 18.2 Å². The van der Waals surface area contributed by atoms with Gasteiger partial charge in [-0.25, -0.2) is 0 Å². The number of benzene rings is 1. The van der Waals surface area contributed by atoms with E-state index in [1.165, 1.54) is 0 Å². The number of carboxylic acid groups (broad SMARTS) is 1. The Labute approximate surface area is 110 Å². The summed E-state index contributed by atoms with van der Waals surface area (Å²) in [5.74, 6) is -0.912. The van der Waals surface area contributed by atoms with E-state index in [1.54, 1.807) is 32.0 Å². The highest BCUT2D eigenvalue weighted by Crippen LogP contribution is 2.32. The number of anilines is 2. The fraction of sp³-hybridized carbons (Fsp3) is 0.385. The Bertz CT molecular complexity index is 515. The lowest BCUT2D eigenvalue weighted by Gasteiger charge is -2.24. The minimum absolute atomic E-state index is 0.191. The molecular formula is C13H16N2O4. The van der Waals surface area contributed by atoms with Crippen LogP contribution in [0.2, 0.25) is 0 Å². The second kappa shape index (κ2) is 5.17. The first-order valence-electron chi connectivity index (χ1n) is 6.05. The number of carbonyl (C=O) groups is 2. The van der Waals surface area contributed by atoms with Crippen molar-refractivity contribution >= 4 is 23.3 Å². The van der Waals surface area contributed by atoms with Crippen LogP contribution in [-0.4, -0.2) is 29.6 Å². The van der Waals surface area contributed by atoms with Crippen molar-refractivity contribution < 1.29 is 19.4 Å². The Hall–Kier alpha value is -2.24. The van der Waals surface area contributed by atoms with Crippen LogP contribution in [0.25, 0.3) is 0 Å². The molecule has 0 saturated carbocycles. The second-order valence-corrected chi connectivity index (χ2v) is 4.58. The third-order valence-corrected chi connectivity index (χ3v) is 2.94. The number of amides is 1. The standard InChI is InChI=1S/C13H16N2O4/c1-7(13(17)18)6-14-9-3-4-11-10(5-9)15-12(16)8(2)19-11/h3-5,7-8,14H,6H2,1-2H3,(H,15,16)(H,17,18). The largest absolute Gasteiger partial charge is 0.481 e. The Balaban J connectivity index is 2.07. The number of aliphatic carboxylic acids is 1. The molecule has 2 rings (SSSR count). The molecule has 1 heterocycles. The minimum atomic E-state index is -0.851. The van der Waals surface area contributed by atoms with Gasteiger partial charge in [-0.3, -0.25) is 9.59 Å². The smallest absolute Gasteiger partial charge is 0.308 e. The molecule has 0 aromatic heterocycles. The number of nitrogens with one attached hydrogen (secondary N) is 2. The van der Waals surface area contributed by atoms with Crippen molar-refractivity contribution in [2.24, 2.45) is 5.92 Å². The maximum Gasteiger partial charge on any atom is 0.308 e. The van der Waals surface area contributed by atoms with Gasteiger partial charge in [0.05, 0.1) is 11.6 Å². The van der Waals surface area contributed by atoms with Crippen LogP contribution < -0.4 is 15.4 Å². The number of carbonyl (C=O) groups excluding carboxylic acids is 1. The highest BCUT2D eigenvalue weighted by Gasteiger charge is 2.23. The normalized spacial score (nSPS) is 18.8. The van der Waals surface area contributed by atoms with Gasteiger partial charge in [0.1, 0.15) is 5.75 Å². The average molecular weight is 264 g/mol. The highest BCUT2D eigenvalue weighted by atomic mass is 16.5. The molecule has 102 valence electrons. The molecule has 3 N–H and O–H groups in total. The van der Waals surface area contributed by atoms with Gasteiger partial charge in [-0.2, -0.15) is 0 Å². The summed E-state index contributed by atoms with van der Waals surface area (Å²) in [7, 11) is 0. The first-order chi connectivity index (χ1) is 8.97. The van der Waals surface area contributed by atoms with Gasteiger partial charge in [0, 0.05) is 12.2 Å². The Kier molecular flexibility index (Phi) is 3.59. The zero-order valence-corrected chi connectivity index (χ0v) is 10.8. The summed E-state index contributed by atoms with van der Waals surface area (Å²) < 4.78 is 5.43. The fourth-order valence-electron chi connectivity index (χ4n) is 1.68. The van der Waals surface area contributed by atoms with E-state index in [9.17, 15) is 9.59 Å². The molecular weight excluding hydrogens is 248 g/mol. The lowest BCUT2D eigenvalue weighted by Crippen LogP contribution is -2.34. The molecule has 1 aliphatic heterocycles. The number of hydrogen-bond donors (Lipinski definition) is 3. The van der Waals surface area contributed by atoms with Crippen molar-refractivity contribution in [2.75, 3.05) is 17.2 Å². The van der Waals surface area contributed by atoms with Gasteiger partial charge in [-0.1, -0.05) is 6.92 Å². The number of ether oxygens (including phenoxy) is 1. The van der Waals surface area contributed by atoms with E-state index < -0.39 is 18.0 Å². The Morgan fingerprint density at radius 2 is 2.32 bits per heavy atom. The van der Waals surface area contributed by atoms with Gasteiger partial charge in [0.2, 0.25) is 0 Å². The first kappa shape index (κ1) is 13.2. The van der Waals surface area contributed by atoms with Crippen LogP contribution in [0.5, 0.6) is 5.75 Å². The summed E-state index contributed by atoms with van der Waals surface area (Å²) in [5, 5.41) is 14.6. The molecule has 1 aromatic carbocycles. The van der Waals surface area contributed by atoms with Crippen LogP contribution in [0, 0.1) is 5.92 Å². The van der Waals surface area contributed by atoms with Crippen molar-refractivity contribution in [2.45, 2.75) is 20.0 Å². The molecule has 19 heavy (non-hydrogen) atoms. The third kappa shape index (κ3) is 2.96. The molecule has 1 amide bonds. The molecule has 0 saturated heterocycles. The summed E-state index contributed by atoms with van der Waals surface area (Å²) in [6.45, 7) is 3.62. The molecule has 0 spiro atoms. The van der Waals surface area contributed by atoms with E-state index in [0.717, 1.165) is 5.69 Å². The molecule has 1 aromatic rings. The zero-order chi connectivity index (χ0) is 14.0. The lowest BCUT2D eigenvalue weighted by atomic mass is 10.1. The molecule has 1 aliphatic rings. The first-order valence-corrected chi connectivity index (χ1v) is 6.05. The van der Waals surface area contributed by atoms with Gasteiger partial charge in [0.15, 0.2) is 6.10 Å². The highest BCUT2D eigenvalue weighted by molar-refractivity contribution is 5.98. The van der Waals surface area contributed by atoms with E-state index in [2.05, 4.69) is 10.6 Å². The predicted octanol–water partition coefficient (Wildman–Crippen LogP) is 1.54. The summed E-state index contributed by atoms with van der Waals surface area (Å²) in [4.78, 5) is 22.2. The van der Waals surface area contributed by atoms with E-state index in [0.29, 0.717) is 18.0 Å². The fourth-order valence-corrected chi connectivity index (χ4v) is 1.68. The molecule has 0 fully saturated rings. The molecule has 0 aliphatic carbocycles. The van der Waals surface area contributed by atoms with Gasteiger partial charge >= 0.3 is 5.97 Å². The average Bonchev–Trinajstić information content (AvgIpc) is 2.37. The molecule has 2 atom stereocenters. The van der Waals surface area contributed by atoms with E-state index in [-0.39, 0.29) is 5.91 Å². The van der Waals surface area contributed by atoms with E-state index in [1.807, 2.05) is 0 Å².